The average Bonchev–Trinajstić information content (AvgIpc) is 2.37. The number of carbonyl (C=O) groups is 1. The summed E-state index contributed by atoms with van der Waals surface area (Å²) in [6, 6.07) is 3.04. The first kappa shape index (κ1) is 13.4. The van der Waals surface area contributed by atoms with Gasteiger partial charge in [-0.3, -0.25) is 4.98 Å². The van der Waals surface area contributed by atoms with Gasteiger partial charge >= 0.3 is 5.97 Å². The van der Waals surface area contributed by atoms with Crippen molar-refractivity contribution in [2.45, 2.75) is 19.1 Å². The Hall–Kier alpha value is -1.66. The second-order valence-corrected chi connectivity index (χ2v) is 3.26. The van der Waals surface area contributed by atoms with Gasteiger partial charge < -0.3 is 19.7 Å². The summed E-state index contributed by atoms with van der Waals surface area (Å²) in [5.41, 5.74) is 0.173. The van der Waals surface area contributed by atoms with Crippen LogP contribution < -0.4 is 4.74 Å². The highest BCUT2D eigenvalue weighted by Gasteiger charge is 2.27. The van der Waals surface area contributed by atoms with E-state index in [1.54, 1.807) is 13.0 Å². The molecule has 1 rings (SSSR count). The van der Waals surface area contributed by atoms with E-state index in [4.69, 9.17) is 4.74 Å². The van der Waals surface area contributed by atoms with E-state index in [1.807, 2.05) is 0 Å². The third kappa shape index (κ3) is 3.40. The Morgan fingerprint density at radius 3 is 2.65 bits per heavy atom. The van der Waals surface area contributed by atoms with Crippen LogP contribution in [-0.2, 0) is 9.53 Å². The molecule has 0 spiro atoms. The molecule has 1 heterocycles. The summed E-state index contributed by atoms with van der Waals surface area (Å²) in [7, 11) is 1.49. The number of pyridine rings is 1. The van der Waals surface area contributed by atoms with Crippen LogP contribution in [0.1, 0.15) is 18.7 Å². The number of nitrogens with zero attached hydrogens (tertiary/aromatic N) is 1. The van der Waals surface area contributed by atoms with Crippen molar-refractivity contribution < 1.29 is 24.5 Å². The zero-order valence-electron chi connectivity index (χ0n) is 9.66. The lowest BCUT2D eigenvalue weighted by Gasteiger charge is -2.15. The highest BCUT2D eigenvalue weighted by molar-refractivity contribution is 5.75. The monoisotopic (exact) mass is 241 g/mol. The Bertz CT molecular complexity index is 365. The summed E-state index contributed by atoms with van der Waals surface area (Å²) < 4.78 is 9.49. The molecule has 6 nitrogen and oxygen atoms in total. The van der Waals surface area contributed by atoms with E-state index in [9.17, 15) is 15.0 Å². The molecule has 0 fully saturated rings. The summed E-state index contributed by atoms with van der Waals surface area (Å²) >= 11 is 0. The van der Waals surface area contributed by atoms with Gasteiger partial charge in [0.05, 0.1) is 25.6 Å². The molecule has 0 aliphatic carbocycles. The fourth-order valence-corrected chi connectivity index (χ4v) is 1.21. The molecule has 0 saturated carbocycles. The van der Waals surface area contributed by atoms with Crippen LogP contribution in [0, 0.1) is 0 Å². The van der Waals surface area contributed by atoms with E-state index < -0.39 is 18.2 Å². The molecule has 94 valence electrons. The highest BCUT2D eigenvalue weighted by Crippen LogP contribution is 2.18. The molecule has 1 aromatic rings. The Balaban J connectivity index is 2.73. The SMILES string of the molecule is CCOC(=O)C(O)C(O)c1ccc(OC)cn1. The zero-order valence-corrected chi connectivity index (χ0v) is 9.66. The normalized spacial score (nSPS) is 13.9. The minimum absolute atomic E-state index is 0.138. The molecule has 0 aromatic carbocycles. The molecule has 0 amide bonds. The fraction of sp³-hybridized carbons (Fsp3) is 0.455. The quantitative estimate of drug-likeness (QED) is 0.708. The molecule has 2 unspecified atom stereocenters. The number of esters is 1. The lowest BCUT2D eigenvalue weighted by Crippen LogP contribution is -2.30. The number of aliphatic hydroxyl groups is 2. The summed E-state index contributed by atoms with van der Waals surface area (Å²) in [5, 5.41) is 19.2. The predicted molar refractivity (Wildman–Crippen MR) is 58.4 cm³/mol. The molecule has 2 atom stereocenters. The minimum Gasteiger partial charge on any atom is -0.495 e. The van der Waals surface area contributed by atoms with E-state index in [-0.39, 0.29) is 12.3 Å². The average molecular weight is 241 g/mol. The number of rotatable bonds is 5. The van der Waals surface area contributed by atoms with Crippen molar-refractivity contribution >= 4 is 5.97 Å². The van der Waals surface area contributed by atoms with Gasteiger partial charge in [-0.15, -0.1) is 0 Å². The summed E-state index contributed by atoms with van der Waals surface area (Å²) in [6.07, 6.45) is -1.67. The molecule has 1 aromatic heterocycles. The van der Waals surface area contributed by atoms with E-state index in [0.717, 1.165) is 0 Å². The molecule has 6 heteroatoms. The van der Waals surface area contributed by atoms with E-state index in [0.29, 0.717) is 5.75 Å². The highest BCUT2D eigenvalue weighted by atomic mass is 16.5. The predicted octanol–water partition coefficient (Wildman–Crippen LogP) is 0.0476. The molecular formula is C11H15NO5. The maximum Gasteiger partial charge on any atom is 0.338 e. The second-order valence-electron chi connectivity index (χ2n) is 3.26. The lowest BCUT2D eigenvalue weighted by atomic mass is 10.1. The first-order valence-electron chi connectivity index (χ1n) is 5.12. The van der Waals surface area contributed by atoms with Gasteiger partial charge in [-0.25, -0.2) is 4.79 Å². The van der Waals surface area contributed by atoms with E-state index in [1.165, 1.54) is 19.4 Å². The Morgan fingerprint density at radius 2 is 2.18 bits per heavy atom. The number of aliphatic hydroxyl groups excluding tert-OH is 2. The number of hydrogen-bond acceptors (Lipinski definition) is 6. The van der Waals surface area contributed by atoms with Crippen molar-refractivity contribution in [3.63, 3.8) is 0 Å². The van der Waals surface area contributed by atoms with Gasteiger partial charge in [-0.1, -0.05) is 0 Å². The Kier molecular flexibility index (Phi) is 4.86. The van der Waals surface area contributed by atoms with Gasteiger partial charge in [0.15, 0.2) is 6.10 Å². The molecule has 0 radical (unpaired) electrons. The van der Waals surface area contributed by atoms with Crippen LogP contribution in [0.15, 0.2) is 18.3 Å². The van der Waals surface area contributed by atoms with Crippen molar-refractivity contribution in [1.29, 1.82) is 0 Å². The van der Waals surface area contributed by atoms with Crippen molar-refractivity contribution in [3.8, 4) is 5.75 Å². The standard InChI is InChI=1S/C11H15NO5/c1-3-17-11(15)10(14)9(13)8-5-4-7(16-2)6-12-8/h4-6,9-10,13-14H,3H2,1-2H3. The van der Waals surface area contributed by atoms with Crippen LogP contribution in [0.25, 0.3) is 0 Å². The largest absolute Gasteiger partial charge is 0.495 e. The number of ether oxygens (including phenoxy) is 2. The molecule has 0 saturated heterocycles. The van der Waals surface area contributed by atoms with Crippen molar-refractivity contribution in [3.05, 3.63) is 24.0 Å². The topological polar surface area (TPSA) is 88.9 Å². The first-order valence-corrected chi connectivity index (χ1v) is 5.12. The number of methoxy groups -OCH3 is 1. The number of carbonyl (C=O) groups excluding carboxylic acids is 1. The summed E-state index contributed by atoms with van der Waals surface area (Å²) in [5.74, 6) is -0.357. The summed E-state index contributed by atoms with van der Waals surface area (Å²) in [6.45, 7) is 1.75. The van der Waals surface area contributed by atoms with Crippen molar-refractivity contribution in [1.82, 2.24) is 4.98 Å². The van der Waals surface area contributed by atoms with Gasteiger partial charge in [0, 0.05) is 0 Å². The molecular weight excluding hydrogens is 226 g/mol. The lowest BCUT2D eigenvalue weighted by molar-refractivity contribution is -0.159. The van der Waals surface area contributed by atoms with E-state index >= 15 is 0 Å². The number of aromatic nitrogens is 1. The third-order valence-corrected chi connectivity index (χ3v) is 2.13. The molecule has 0 aliphatic rings. The van der Waals surface area contributed by atoms with Crippen LogP contribution in [0.5, 0.6) is 5.75 Å². The van der Waals surface area contributed by atoms with Gasteiger partial charge in [0.1, 0.15) is 11.9 Å². The van der Waals surface area contributed by atoms with Crippen molar-refractivity contribution in [2.24, 2.45) is 0 Å². The van der Waals surface area contributed by atoms with Crippen LogP contribution in [-0.4, -0.2) is 41.0 Å². The maximum absolute atomic E-state index is 11.2. The van der Waals surface area contributed by atoms with Gasteiger partial charge in [-0.2, -0.15) is 0 Å². The summed E-state index contributed by atoms with van der Waals surface area (Å²) in [4.78, 5) is 15.1. The maximum atomic E-state index is 11.2. The van der Waals surface area contributed by atoms with Crippen LogP contribution >= 0.6 is 0 Å². The Morgan fingerprint density at radius 1 is 1.47 bits per heavy atom. The fourth-order valence-electron chi connectivity index (χ4n) is 1.21. The molecule has 2 N–H and O–H groups in total. The first-order chi connectivity index (χ1) is 8.10. The second kappa shape index (κ2) is 6.17. The number of hydrogen-bond donors (Lipinski definition) is 2. The van der Waals surface area contributed by atoms with Crippen LogP contribution in [0.4, 0.5) is 0 Å². The van der Waals surface area contributed by atoms with Crippen LogP contribution in [0.3, 0.4) is 0 Å². The molecule has 0 bridgehead atoms. The molecule has 17 heavy (non-hydrogen) atoms. The Labute approximate surface area is 98.8 Å². The van der Waals surface area contributed by atoms with Crippen molar-refractivity contribution in [2.75, 3.05) is 13.7 Å². The van der Waals surface area contributed by atoms with Crippen LogP contribution in [0.2, 0.25) is 0 Å². The smallest absolute Gasteiger partial charge is 0.338 e. The van der Waals surface area contributed by atoms with Gasteiger partial charge in [-0.05, 0) is 19.1 Å². The van der Waals surface area contributed by atoms with Gasteiger partial charge in [0.2, 0.25) is 0 Å². The van der Waals surface area contributed by atoms with Gasteiger partial charge in [0.25, 0.3) is 0 Å². The third-order valence-electron chi connectivity index (χ3n) is 2.13. The van der Waals surface area contributed by atoms with E-state index in [2.05, 4.69) is 9.72 Å². The molecule has 0 aliphatic heterocycles. The zero-order chi connectivity index (χ0) is 12.8. The minimum atomic E-state index is -1.64.